The van der Waals surface area contributed by atoms with Crippen LogP contribution in [-0.4, -0.2) is 36.6 Å². The Morgan fingerprint density at radius 3 is 2.28 bits per heavy atom. The van der Waals surface area contributed by atoms with Gasteiger partial charge >= 0.3 is 0 Å². The van der Waals surface area contributed by atoms with Gasteiger partial charge in [-0.2, -0.15) is 0 Å². The smallest absolute Gasteiger partial charge is 0.173 e. The SMILES string of the molecule is CCN(Cc1ccccc1)[C@H](c1cccnc1)c1nnnn1Cc1ccccc1. The molecule has 29 heavy (non-hydrogen) atoms. The Bertz CT molecular complexity index is 1000. The summed E-state index contributed by atoms with van der Waals surface area (Å²) in [6.07, 6.45) is 3.70. The maximum Gasteiger partial charge on any atom is 0.173 e. The number of hydrogen-bond donors (Lipinski definition) is 0. The van der Waals surface area contributed by atoms with Crippen LogP contribution in [0.1, 0.15) is 35.5 Å². The average Bonchev–Trinajstić information content (AvgIpc) is 3.23. The van der Waals surface area contributed by atoms with Crippen molar-refractivity contribution < 1.29 is 0 Å². The molecule has 0 aliphatic heterocycles. The van der Waals surface area contributed by atoms with Gasteiger partial charge in [0.15, 0.2) is 5.82 Å². The molecule has 0 N–H and O–H groups in total. The lowest BCUT2D eigenvalue weighted by atomic mass is 10.0. The van der Waals surface area contributed by atoms with Crippen LogP contribution < -0.4 is 0 Å². The fraction of sp³-hybridized carbons (Fsp3) is 0.217. The fourth-order valence-corrected chi connectivity index (χ4v) is 3.54. The van der Waals surface area contributed by atoms with Gasteiger partial charge < -0.3 is 0 Å². The Morgan fingerprint density at radius 2 is 1.62 bits per heavy atom. The van der Waals surface area contributed by atoms with Gasteiger partial charge in [0.25, 0.3) is 0 Å². The zero-order chi connectivity index (χ0) is 19.9. The van der Waals surface area contributed by atoms with Gasteiger partial charge in [0, 0.05) is 18.9 Å². The molecular formula is C23H24N6. The van der Waals surface area contributed by atoms with E-state index < -0.39 is 0 Å². The highest BCUT2D eigenvalue weighted by Crippen LogP contribution is 2.28. The lowest BCUT2D eigenvalue weighted by Gasteiger charge is -2.30. The number of rotatable bonds is 8. The van der Waals surface area contributed by atoms with Crippen molar-refractivity contribution >= 4 is 0 Å². The van der Waals surface area contributed by atoms with E-state index in [1.165, 1.54) is 5.56 Å². The van der Waals surface area contributed by atoms with Crippen LogP contribution in [0.4, 0.5) is 0 Å². The summed E-state index contributed by atoms with van der Waals surface area (Å²) in [4.78, 5) is 6.72. The normalized spacial score (nSPS) is 12.2. The Kier molecular flexibility index (Phi) is 6.02. The summed E-state index contributed by atoms with van der Waals surface area (Å²) in [5.41, 5.74) is 3.50. The number of tetrazole rings is 1. The van der Waals surface area contributed by atoms with Gasteiger partial charge in [-0.15, -0.1) is 5.10 Å². The molecule has 0 amide bonds. The van der Waals surface area contributed by atoms with Crippen molar-refractivity contribution in [2.75, 3.05) is 6.54 Å². The van der Waals surface area contributed by atoms with E-state index in [0.717, 1.165) is 30.0 Å². The van der Waals surface area contributed by atoms with E-state index >= 15 is 0 Å². The van der Waals surface area contributed by atoms with E-state index in [0.29, 0.717) is 6.54 Å². The van der Waals surface area contributed by atoms with Crippen molar-refractivity contribution in [1.29, 1.82) is 0 Å². The van der Waals surface area contributed by atoms with Crippen LogP contribution in [0, 0.1) is 0 Å². The van der Waals surface area contributed by atoms with E-state index in [-0.39, 0.29) is 6.04 Å². The highest BCUT2D eigenvalue weighted by molar-refractivity contribution is 5.24. The van der Waals surface area contributed by atoms with Crippen LogP contribution in [-0.2, 0) is 13.1 Å². The molecule has 6 heteroatoms. The molecule has 1 atom stereocenters. The van der Waals surface area contributed by atoms with Crippen molar-refractivity contribution in [2.45, 2.75) is 26.1 Å². The lowest BCUT2D eigenvalue weighted by molar-refractivity contribution is 0.215. The van der Waals surface area contributed by atoms with Crippen LogP contribution >= 0.6 is 0 Å². The first-order chi connectivity index (χ1) is 14.3. The summed E-state index contributed by atoms with van der Waals surface area (Å²) < 4.78 is 1.89. The van der Waals surface area contributed by atoms with E-state index in [1.807, 2.05) is 41.2 Å². The Morgan fingerprint density at radius 1 is 0.897 bits per heavy atom. The fourth-order valence-electron chi connectivity index (χ4n) is 3.54. The van der Waals surface area contributed by atoms with E-state index in [4.69, 9.17) is 0 Å². The van der Waals surface area contributed by atoms with Crippen LogP contribution in [0.5, 0.6) is 0 Å². The van der Waals surface area contributed by atoms with Gasteiger partial charge in [0.1, 0.15) is 0 Å². The molecule has 0 aliphatic rings. The number of nitrogens with zero attached hydrogens (tertiary/aromatic N) is 6. The molecular weight excluding hydrogens is 360 g/mol. The Labute approximate surface area is 170 Å². The number of hydrogen-bond acceptors (Lipinski definition) is 5. The first-order valence-electron chi connectivity index (χ1n) is 9.83. The third-order valence-electron chi connectivity index (χ3n) is 4.98. The number of pyridine rings is 1. The minimum absolute atomic E-state index is 0.0902. The largest absolute Gasteiger partial charge is 0.286 e. The third kappa shape index (κ3) is 4.55. The minimum Gasteiger partial charge on any atom is -0.286 e. The van der Waals surface area contributed by atoms with E-state index in [1.54, 1.807) is 6.20 Å². The molecule has 0 fully saturated rings. The first kappa shape index (κ1) is 19.0. The van der Waals surface area contributed by atoms with Crippen LogP contribution in [0.25, 0.3) is 0 Å². The lowest BCUT2D eigenvalue weighted by Crippen LogP contribution is -2.31. The second-order valence-corrected chi connectivity index (χ2v) is 6.92. The molecule has 2 aromatic heterocycles. The molecule has 0 radical (unpaired) electrons. The second kappa shape index (κ2) is 9.21. The summed E-state index contributed by atoms with van der Waals surface area (Å²) in [5, 5.41) is 12.7. The summed E-state index contributed by atoms with van der Waals surface area (Å²) in [6, 6.07) is 24.7. The van der Waals surface area contributed by atoms with Crippen molar-refractivity contribution in [1.82, 2.24) is 30.1 Å². The van der Waals surface area contributed by atoms with Gasteiger partial charge in [0.05, 0.1) is 12.6 Å². The Hall–Kier alpha value is -3.38. The van der Waals surface area contributed by atoms with Crippen LogP contribution in [0.15, 0.2) is 85.2 Å². The molecule has 0 unspecified atom stereocenters. The van der Waals surface area contributed by atoms with Gasteiger partial charge in [-0.25, -0.2) is 4.68 Å². The zero-order valence-corrected chi connectivity index (χ0v) is 16.5. The molecule has 0 saturated carbocycles. The summed E-state index contributed by atoms with van der Waals surface area (Å²) >= 11 is 0. The molecule has 0 saturated heterocycles. The number of aromatic nitrogens is 5. The zero-order valence-electron chi connectivity index (χ0n) is 16.5. The number of benzene rings is 2. The quantitative estimate of drug-likeness (QED) is 0.463. The van der Waals surface area contributed by atoms with Gasteiger partial charge in [-0.05, 0) is 39.7 Å². The highest BCUT2D eigenvalue weighted by Gasteiger charge is 2.27. The highest BCUT2D eigenvalue weighted by atomic mass is 15.5. The third-order valence-corrected chi connectivity index (χ3v) is 4.98. The van der Waals surface area contributed by atoms with Gasteiger partial charge in [0.2, 0.25) is 0 Å². The molecule has 0 spiro atoms. The van der Waals surface area contributed by atoms with Crippen LogP contribution in [0.2, 0.25) is 0 Å². The Balaban J connectivity index is 1.71. The minimum atomic E-state index is -0.0902. The molecule has 146 valence electrons. The molecule has 2 aromatic carbocycles. The maximum absolute atomic E-state index is 4.43. The van der Waals surface area contributed by atoms with Gasteiger partial charge in [-0.3, -0.25) is 9.88 Å². The van der Waals surface area contributed by atoms with Crippen molar-refractivity contribution in [3.05, 3.63) is 108 Å². The van der Waals surface area contributed by atoms with E-state index in [2.05, 4.69) is 74.8 Å². The summed E-state index contributed by atoms with van der Waals surface area (Å²) in [7, 11) is 0. The average molecular weight is 384 g/mol. The molecule has 0 aliphatic carbocycles. The summed E-state index contributed by atoms with van der Waals surface area (Å²) in [6.45, 7) is 4.45. The summed E-state index contributed by atoms with van der Waals surface area (Å²) in [5.74, 6) is 0.819. The van der Waals surface area contributed by atoms with Crippen LogP contribution in [0.3, 0.4) is 0 Å². The topological polar surface area (TPSA) is 59.7 Å². The van der Waals surface area contributed by atoms with Crippen molar-refractivity contribution in [3.8, 4) is 0 Å². The van der Waals surface area contributed by atoms with Crippen molar-refractivity contribution in [2.24, 2.45) is 0 Å². The van der Waals surface area contributed by atoms with E-state index in [9.17, 15) is 0 Å². The standard InChI is InChI=1S/C23H24N6/c1-2-28(17-19-10-5-3-6-11-19)22(21-14-9-15-24-16-21)23-25-26-27-29(23)18-20-12-7-4-8-13-20/h3-16,22H,2,17-18H2,1H3/t22-/m1/s1. The predicted molar refractivity (Wildman–Crippen MR) is 112 cm³/mol. The molecule has 4 aromatic rings. The van der Waals surface area contributed by atoms with Gasteiger partial charge in [-0.1, -0.05) is 73.7 Å². The monoisotopic (exact) mass is 384 g/mol. The second-order valence-electron chi connectivity index (χ2n) is 6.92. The predicted octanol–water partition coefficient (Wildman–Crippen LogP) is 3.73. The molecule has 2 heterocycles. The molecule has 0 bridgehead atoms. The first-order valence-corrected chi connectivity index (χ1v) is 9.83. The molecule has 4 rings (SSSR count). The molecule has 6 nitrogen and oxygen atoms in total. The van der Waals surface area contributed by atoms with Crippen molar-refractivity contribution in [3.63, 3.8) is 0 Å². The maximum atomic E-state index is 4.43.